The first-order chi connectivity index (χ1) is 10.2. The molecule has 118 valence electrons. The minimum Gasteiger partial charge on any atom is -0.396 e. The molecule has 0 amide bonds. The lowest BCUT2D eigenvalue weighted by Gasteiger charge is -2.25. The molecule has 2 unspecified atom stereocenters. The van der Waals surface area contributed by atoms with Crippen molar-refractivity contribution in [3.63, 3.8) is 0 Å². The maximum absolute atomic E-state index is 13.6. The molecule has 3 nitrogen and oxygen atoms in total. The van der Waals surface area contributed by atoms with Crippen LogP contribution in [0, 0.1) is 11.7 Å². The fourth-order valence-electron chi connectivity index (χ4n) is 3.10. The zero-order valence-corrected chi connectivity index (χ0v) is 13.1. The standard InChI is InChI=1S/C17H27FN2O/c1-3-8-19-13(2)16-11-15(18)4-5-17(16)20-9-6-14(12-20)7-10-21/h4-5,11,13-14,19,21H,3,6-10,12H2,1-2H3. The van der Waals surface area contributed by atoms with Gasteiger partial charge in [0.25, 0.3) is 0 Å². The number of hydrogen-bond acceptors (Lipinski definition) is 3. The van der Waals surface area contributed by atoms with Crippen LogP contribution in [0.15, 0.2) is 18.2 Å². The predicted molar refractivity (Wildman–Crippen MR) is 85.1 cm³/mol. The van der Waals surface area contributed by atoms with E-state index >= 15 is 0 Å². The summed E-state index contributed by atoms with van der Waals surface area (Å²) in [6, 6.07) is 5.25. The largest absolute Gasteiger partial charge is 0.396 e. The van der Waals surface area contributed by atoms with Crippen LogP contribution in [0.2, 0.25) is 0 Å². The van der Waals surface area contributed by atoms with E-state index in [0.717, 1.165) is 50.1 Å². The van der Waals surface area contributed by atoms with E-state index in [1.807, 2.05) is 6.07 Å². The molecule has 0 aromatic heterocycles. The van der Waals surface area contributed by atoms with Crippen LogP contribution in [0.1, 0.15) is 44.7 Å². The summed E-state index contributed by atoms with van der Waals surface area (Å²) in [5, 5.41) is 12.5. The van der Waals surface area contributed by atoms with Crippen LogP contribution in [-0.4, -0.2) is 31.3 Å². The Hall–Kier alpha value is -1.13. The molecule has 1 fully saturated rings. The van der Waals surface area contributed by atoms with Gasteiger partial charge in [-0.1, -0.05) is 6.92 Å². The Morgan fingerprint density at radius 2 is 2.29 bits per heavy atom. The second kappa shape index (κ2) is 7.76. The van der Waals surface area contributed by atoms with E-state index in [1.165, 1.54) is 0 Å². The SMILES string of the molecule is CCCNC(C)c1cc(F)ccc1N1CCC(CCO)C1. The zero-order chi connectivity index (χ0) is 15.2. The summed E-state index contributed by atoms with van der Waals surface area (Å²) in [5.74, 6) is 0.372. The topological polar surface area (TPSA) is 35.5 Å². The molecule has 1 aliphatic heterocycles. The first kappa shape index (κ1) is 16.2. The first-order valence-electron chi connectivity index (χ1n) is 8.04. The molecule has 0 saturated carbocycles. The summed E-state index contributed by atoms with van der Waals surface area (Å²) in [6.45, 7) is 7.36. The molecule has 1 aromatic rings. The number of aliphatic hydroxyl groups excluding tert-OH is 1. The van der Waals surface area contributed by atoms with Gasteiger partial charge >= 0.3 is 0 Å². The third kappa shape index (κ3) is 4.17. The molecule has 1 heterocycles. The number of anilines is 1. The maximum Gasteiger partial charge on any atom is 0.123 e. The smallest absolute Gasteiger partial charge is 0.123 e. The van der Waals surface area contributed by atoms with E-state index in [1.54, 1.807) is 12.1 Å². The van der Waals surface area contributed by atoms with Gasteiger partial charge in [-0.15, -0.1) is 0 Å². The highest BCUT2D eigenvalue weighted by molar-refractivity contribution is 5.56. The average molecular weight is 294 g/mol. The number of nitrogens with zero attached hydrogens (tertiary/aromatic N) is 1. The third-order valence-corrected chi connectivity index (χ3v) is 4.32. The van der Waals surface area contributed by atoms with Gasteiger partial charge in [0.15, 0.2) is 0 Å². The lowest BCUT2D eigenvalue weighted by atomic mass is 10.0. The van der Waals surface area contributed by atoms with Crippen LogP contribution in [0.3, 0.4) is 0 Å². The average Bonchev–Trinajstić information content (AvgIpc) is 2.93. The normalized spacial score (nSPS) is 20.0. The van der Waals surface area contributed by atoms with Gasteiger partial charge in [0, 0.05) is 31.4 Å². The third-order valence-electron chi connectivity index (χ3n) is 4.32. The molecular formula is C17H27FN2O. The van der Waals surface area contributed by atoms with E-state index < -0.39 is 0 Å². The summed E-state index contributed by atoms with van der Waals surface area (Å²) in [6.07, 6.45) is 3.03. The molecule has 0 aliphatic carbocycles. The van der Waals surface area contributed by atoms with Gasteiger partial charge < -0.3 is 15.3 Å². The van der Waals surface area contributed by atoms with E-state index in [4.69, 9.17) is 5.11 Å². The lowest BCUT2D eigenvalue weighted by Crippen LogP contribution is -2.25. The highest BCUT2D eigenvalue weighted by Gasteiger charge is 2.25. The van der Waals surface area contributed by atoms with Crippen LogP contribution in [-0.2, 0) is 0 Å². The zero-order valence-electron chi connectivity index (χ0n) is 13.1. The molecule has 2 atom stereocenters. The van der Waals surface area contributed by atoms with Crippen molar-refractivity contribution in [2.75, 3.05) is 31.1 Å². The molecule has 1 aliphatic rings. The Labute approximate surface area is 127 Å². The Kier molecular flexibility index (Phi) is 6.00. The number of nitrogens with one attached hydrogen (secondary N) is 1. The number of halogens is 1. The number of rotatable bonds is 7. The van der Waals surface area contributed by atoms with Crippen molar-refractivity contribution in [3.8, 4) is 0 Å². The Bertz CT molecular complexity index is 452. The van der Waals surface area contributed by atoms with Crippen LogP contribution in [0.5, 0.6) is 0 Å². The number of aliphatic hydroxyl groups is 1. The Morgan fingerprint density at radius 3 is 3.00 bits per heavy atom. The van der Waals surface area contributed by atoms with Crippen LogP contribution in [0.4, 0.5) is 10.1 Å². The Balaban J connectivity index is 2.15. The second-order valence-corrected chi connectivity index (χ2v) is 5.99. The van der Waals surface area contributed by atoms with Crippen molar-refractivity contribution in [1.29, 1.82) is 0 Å². The van der Waals surface area contributed by atoms with E-state index in [2.05, 4.69) is 24.1 Å². The molecule has 0 bridgehead atoms. The van der Waals surface area contributed by atoms with Gasteiger partial charge in [-0.05, 0) is 62.4 Å². The highest BCUT2D eigenvalue weighted by Crippen LogP contribution is 2.32. The van der Waals surface area contributed by atoms with Gasteiger partial charge in [0.1, 0.15) is 5.82 Å². The lowest BCUT2D eigenvalue weighted by molar-refractivity contribution is 0.263. The summed E-state index contributed by atoms with van der Waals surface area (Å²) < 4.78 is 13.6. The maximum atomic E-state index is 13.6. The molecule has 2 N–H and O–H groups in total. The summed E-state index contributed by atoms with van der Waals surface area (Å²) >= 11 is 0. The number of hydrogen-bond donors (Lipinski definition) is 2. The molecule has 1 saturated heterocycles. The summed E-state index contributed by atoms with van der Waals surface area (Å²) in [4.78, 5) is 2.33. The minimum atomic E-state index is -0.176. The van der Waals surface area contributed by atoms with Crippen molar-refractivity contribution < 1.29 is 9.50 Å². The molecule has 21 heavy (non-hydrogen) atoms. The van der Waals surface area contributed by atoms with Crippen LogP contribution in [0.25, 0.3) is 0 Å². The predicted octanol–water partition coefficient (Wildman–Crippen LogP) is 3.10. The second-order valence-electron chi connectivity index (χ2n) is 5.99. The van der Waals surface area contributed by atoms with Gasteiger partial charge in [0.2, 0.25) is 0 Å². The van der Waals surface area contributed by atoms with E-state index in [9.17, 15) is 4.39 Å². The van der Waals surface area contributed by atoms with Crippen molar-refractivity contribution in [2.45, 2.75) is 39.2 Å². The molecule has 2 rings (SSSR count). The quantitative estimate of drug-likeness (QED) is 0.811. The van der Waals surface area contributed by atoms with Gasteiger partial charge in [0.05, 0.1) is 0 Å². The molecular weight excluding hydrogens is 267 g/mol. The molecule has 1 aromatic carbocycles. The Morgan fingerprint density at radius 1 is 1.48 bits per heavy atom. The first-order valence-corrected chi connectivity index (χ1v) is 8.04. The van der Waals surface area contributed by atoms with Crippen molar-refractivity contribution in [2.24, 2.45) is 5.92 Å². The summed E-state index contributed by atoms with van der Waals surface area (Å²) in [7, 11) is 0. The minimum absolute atomic E-state index is 0.146. The monoisotopic (exact) mass is 294 g/mol. The van der Waals surface area contributed by atoms with Gasteiger partial charge in [-0.2, -0.15) is 0 Å². The van der Waals surface area contributed by atoms with Crippen LogP contribution < -0.4 is 10.2 Å². The summed E-state index contributed by atoms with van der Waals surface area (Å²) in [5.41, 5.74) is 2.17. The van der Waals surface area contributed by atoms with E-state index in [0.29, 0.717) is 5.92 Å². The van der Waals surface area contributed by atoms with E-state index in [-0.39, 0.29) is 18.5 Å². The van der Waals surface area contributed by atoms with Crippen LogP contribution >= 0.6 is 0 Å². The highest BCUT2D eigenvalue weighted by atomic mass is 19.1. The molecule has 0 spiro atoms. The van der Waals surface area contributed by atoms with Crippen molar-refractivity contribution in [3.05, 3.63) is 29.6 Å². The van der Waals surface area contributed by atoms with Crippen molar-refractivity contribution >= 4 is 5.69 Å². The molecule has 0 radical (unpaired) electrons. The fourth-order valence-corrected chi connectivity index (χ4v) is 3.10. The molecule has 4 heteroatoms. The van der Waals surface area contributed by atoms with Crippen molar-refractivity contribution in [1.82, 2.24) is 5.32 Å². The van der Waals surface area contributed by atoms with Gasteiger partial charge in [-0.25, -0.2) is 4.39 Å². The number of benzene rings is 1. The van der Waals surface area contributed by atoms with Gasteiger partial charge in [-0.3, -0.25) is 0 Å². The fraction of sp³-hybridized carbons (Fsp3) is 0.647.